The van der Waals surface area contributed by atoms with Gasteiger partial charge in [0.05, 0.1) is 11.0 Å². The molecule has 1 amide bonds. The molecule has 0 atom stereocenters. The number of hydrogen-bond donors (Lipinski definition) is 1. The van der Waals surface area contributed by atoms with Gasteiger partial charge in [-0.1, -0.05) is 18.2 Å². The fraction of sp³-hybridized carbons (Fsp3) is 0.150. The zero-order valence-electron chi connectivity index (χ0n) is 15.5. The summed E-state index contributed by atoms with van der Waals surface area (Å²) in [5.74, 6) is -0.0947. The maximum atomic E-state index is 12.6. The van der Waals surface area contributed by atoms with Gasteiger partial charge >= 0.3 is 0 Å². The summed E-state index contributed by atoms with van der Waals surface area (Å²) in [6.07, 6.45) is 1.27. The normalized spacial score (nSPS) is 12.3. The zero-order chi connectivity index (χ0) is 21.5. The first-order valence-corrected chi connectivity index (χ1v) is 8.63. The number of fused-ring (bicyclic) bond motifs is 1. The molecule has 0 spiro atoms. The number of amides is 1. The van der Waals surface area contributed by atoms with Gasteiger partial charge in [-0.2, -0.15) is 10.5 Å². The van der Waals surface area contributed by atoms with E-state index in [0.717, 1.165) is 6.07 Å². The van der Waals surface area contributed by atoms with Crippen LogP contribution in [0.3, 0.4) is 0 Å². The van der Waals surface area contributed by atoms with Crippen LogP contribution in [-0.2, 0) is 4.79 Å². The quantitative estimate of drug-likeness (QED) is 0.333. The standard InChI is InChI=1S/C20H14N4O6/c21-5-6-28-17-4-2-1-3-13(17)9-14(12-22)20(25)23-15-10-18-19(30-8-7-29-18)11-16(15)24(26)27/h1-4,9-11H,6-8H2,(H,23,25)/b14-9+. The number of hydrogen-bond acceptors (Lipinski definition) is 8. The molecule has 2 aromatic carbocycles. The molecule has 150 valence electrons. The predicted molar refractivity (Wildman–Crippen MR) is 104 cm³/mol. The minimum atomic E-state index is -0.854. The molecule has 0 aromatic heterocycles. The van der Waals surface area contributed by atoms with E-state index in [1.807, 2.05) is 6.07 Å². The lowest BCUT2D eigenvalue weighted by Crippen LogP contribution is -2.18. The van der Waals surface area contributed by atoms with Crippen molar-refractivity contribution in [3.05, 3.63) is 57.6 Å². The van der Waals surface area contributed by atoms with E-state index in [4.69, 9.17) is 19.5 Å². The smallest absolute Gasteiger partial charge is 0.296 e. The number of nitrogens with one attached hydrogen (secondary N) is 1. The van der Waals surface area contributed by atoms with Gasteiger partial charge in [-0.3, -0.25) is 14.9 Å². The summed E-state index contributed by atoms with van der Waals surface area (Å²) in [6.45, 7) is 0.313. The van der Waals surface area contributed by atoms with Crippen molar-refractivity contribution in [2.75, 3.05) is 25.1 Å². The van der Waals surface area contributed by atoms with Crippen LogP contribution in [0.1, 0.15) is 5.56 Å². The van der Waals surface area contributed by atoms with Gasteiger partial charge in [-0.05, 0) is 12.1 Å². The highest BCUT2D eigenvalue weighted by atomic mass is 16.6. The van der Waals surface area contributed by atoms with E-state index in [0.29, 0.717) is 11.3 Å². The molecule has 2 aromatic rings. The van der Waals surface area contributed by atoms with E-state index in [2.05, 4.69) is 5.32 Å². The first kappa shape index (κ1) is 20.2. The molecule has 0 unspecified atom stereocenters. The molecule has 1 N–H and O–H groups in total. The van der Waals surface area contributed by atoms with Crippen LogP contribution < -0.4 is 19.5 Å². The van der Waals surface area contributed by atoms with Crippen LogP contribution in [0.4, 0.5) is 11.4 Å². The second-order valence-electron chi connectivity index (χ2n) is 5.88. The Bertz CT molecular complexity index is 1110. The number of benzene rings is 2. The van der Waals surface area contributed by atoms with Crippen LogP contribution in [0, 0.1) is 32.8 Å². The number of nitro benzene ring substituents is 1. The summed E-state index contributed by atoms with van der Waals surface area (Å²) in [7, 11) is 0. The van der Waals surface area contributed by atoms with Crippen LogP contribution in [-0.4, -0.2) is 30.7 Å². The topological polar surface area (TPSA) is 148 Å². The molecule has 0 saturated heterocycles. The lowest BCUT2D eigenvalue weighted by Gasteiger charge is -2.19. The predicted octanol–water partition coefficient (Wildman–Crippen LogP) is 2.81. The van der Waals surface area contributed by atoms with Gasteiger partial charge in [-0.15, -0.1) is 0 Å². The average Bonchev–Trinajstić information content (AvgIpc) is 2.75. The average molecular weight is 406 g/mol. The molecular weight excluding hydrogens is 392 g/mol. The van der Waals surface area contributed by atoms with Gasteiger partial charge in [0.25, 0.3) is 11.6 Å². The van der Waals surface area contributed by atoms with E-state index in [9.17, 15) is 20.2 Å². The number of rotatable bonds is 6. The second kappa shape index (κ2) is 9.08. The van der Waals surface area contributed by atoms with Crippen LogP contribution in [0.2, 0.25) is 0 Å². The summed E-state index contributed by atoms with van der Waals surface area (Å²) in [4.78, 5) is 23.4. The lowest BCUT2D eigenvalue weighted by atomic mass is 10.1. The first-order chi connectivity index (χ1) is 14.5. The van der Waals surface area contributed by atoms with Crippen molar-refractivity contribution in [2.24, 2.45) is 0 Å². The number of nitro groups is 1. The number of para-hydroxylation sites is 1. The molecule has 0 fully saturated rings. The monoisotopic (exact) mass is 406 g/mol. The van der Waals surface area contributed by atoms with Gasteiger partial charge in [0, 0.05) is 11.6 Å². The third kappa shape index (κ3) is 4.46. The van der Waals surface area contributed by atoms with Gasteiger partial charge in [-0.25, -0.2) is 0 Å². The van der Waals surface area contributed by atoms with Crippen molar-refractivity contribution in [2.45, 2.75) is 0 Å². The van der Waals surface area contributed by atoms with Crippen molar-refractivity contribution >= 4 is 23.4 Å². The van der Waals surface area contributed by atoms with Crippen molar-refractivity contribution in [1.82, 2.24) is 0 Å². The SMILES string of the molecule is N#CCOc1ccccc1/C=C(\C#N)C(=O)Nc1cc2c(cc1[N+](=O)[O-])OCCO2. The molecule has 10 heteroatoms. The number of nitrogens with zero attached hydrogens (tertiary/aromatic N) is 3. The van der Waals surface area contributed by atoms with E-state index in [1.54, 1.807) is 30.3 Å². The molecule has 10 nitrogen and oxygen atoms in total. The highest BCUT2D eigenvalue weighted by Crippen LogP contribution is 2.39. The number of ether oxygens (including phenoxy) is 3. The van der Waals surface area contributed by atoms with E-state index < -0.39 is 16.5 Å². The number of carbonyl (C=O) groups excluding carboxylic acids is 1. The summed E-state index contributed by atoms with van der Waals surface area (Å²) in [5.41, 5.74) is -0.449. The maximum Gasteiger partial charge on any atom is 0.296 e. The molecule has 0 saturated carbocycles. The third-order valence-electron chi connectivity index (χ3n) is 3.98. The first-order valence-electron chi connectivity index (χ1n) is 8.63. The molecule has 0 aliphatic carbocycles. The third-order valence-corrected chi connectivity index (χ3v) is 3.98. The largest absolute Gasteiger partial charge is 0.486 e. The van der Waals surface area contributed by atoms with Crippen LogP contribution >= 0.6 is 0 Å². The van der Waals surface area contributed by atoms with Crippen molar-refractivity contribution in [3.63, 3.8) is 0 Å². The molecule has 0 radical (unpaired) electrons. The van der Waals surface area contributed by atoms with Gasteiger partial charge < -0.3 is 19.5 Å². The molecular formula is C20H14N4O6. The highest BCUT2D eigenvalue weighted by Gasteiger charge is 2.24. The maximum absolute atomic E-state index is 12.6. The minimum absolute atomic E-state index is 0.135. The van der Waals surface area contributed by atoms with Crippen LogP contribution in [0.25, 0.3) is 6.08 Å². The van der Waals surface area contributed by atoms with E-state index in [1.165, 1.54) is 12.1 Å². The number of carbonyl (C=O) groups is 1. The van der Waals surface area contributed by atoms with Gasteiger partial charge in [0.15, 0.2) is 18.1 Å². The molecule has 1 aliphatic heterocycles. The number of anilines is 1. The Labute approximate surface area is 170 Å². The Morgan fingerprint density at radius 3 is 2.60 bits per heavy atom. The molecule has 30 heavy (non-hydrogen) atoms. The molecule has 3 rings (SSSR count). The highest BCUT2D eigenvalue weighted by molar-refractivity contribution is 6.10. The summed E-state index contributed by atoms with van der Waals surface area (Å²) >= 11 is 0. The Kier molecular flexibility index (Phi) is 6.11. The summed E-state index contributed by atoms with van der Waals surface area (Å²) in [6, 6.07) is 12.6. The second-order valence-corrected chi connectivity index (χ2v) is 5.88. The fourth-order valence-corrected chi connectivity index (χ4v) is 2.66. The Balaban J connectivity index is 1.91. The minimum Gasteiger partial charge on any atom is -0.486 e. The van der Waals surface area contributed by atoms with Gasteiger partial charge in [0.1, 0.15) is 42.4 Å². The number of nitriles is 2. The Hall–Kier alpha value is -4.57. The van der Waals surface area contributed by atoms with E-state index >= 15 is 0 Å². The zero-order valence-corrected chi connectivity index (χ0v) is 15.5. The van der Waals surface area contributed by atoms with Crippen LogP contribution in [0.15, 0.2) is 42.0 Å². The molecule has 1 aliphatic rings. The molecule has 1 heterocycles. The van der Waals surface area contributed by atoms with E-state index in [-0.39, 0.29) is 42.6 Å². The lowest BCUT2D eigenvalue weighted by molar-refractivity contribution is -0.384. The van der Waals surface area contributed by atoms with Crippen molar-refractivity contribution < 1.29 is 23.9 Å². The van der Waals surface area contributed by atoms with Gasteiger partial charge in [0.2, 0.25) is 0 Å². The Morgan fingerprint density at radius 2 is 1.93 bits per heavy atom. The Morgan fingerprint density at radius 1 is 1.23 bits per heavy atom. The van der Waals surface area contributed by atoms with Crippen molar-refractivity contribution in [3.8, 4) is 29.4 Å². The molecule has 0 bridgehead atoms. The summed E-state index contributed by atoms with van der Waals surface area (Å²) in [5, 5.41) is 31.9. The summed E-state index contributed by atoms with van der Waals surface area (Å²) < 4.78 is 16.0. The fourth-order valence-electron chi connectivity index (χ4n) is 2.66. The van der Waals surface area contributed by atoms with Crippen LogP contribution in [0.5, 0.6) is 17.2 Å². The van der Waals surface area contributed by atoms with Crippen molar-refractivity contribution in [1.29, 1.82) is 10.5 Å².